The molecule has 0 aliphatic heterocycles. The van der Waals surface area contributed by atoms with Crippen molar-refractivity contribution in [3.63, 3.8) is 0 Å². The van der Waals surface area contributed by atoms with Crippen LogP contribution < -0.4 is 5.30 Å². The molecule has 0 aliphatic rings. The predicted octanol–water partition coefficient (Wildman–Crippen LogP) is 2.60. The van der Waals surface area contributed by atoms with Gasteiger partial charge in [0.05, 0.1) is 5.30 Å². The molecular formula is C14H10O3P. The molecule has 3 rings (SSSR count). The number of benzene rings is 3. The van der Waals surface area contributed by atoms with Gasteiger partial charge in [0, 0.05) is 0 Å². The molecule has 0 bridgehead atoms. The van der Waals surface area contributed by atoms with Crippen LogP contribution in [-0.4, -0.2) is 9.79 Å². The summed E-state index contributed by atoms with van der Waals surface area (Å²) in [6.07, 6.45) is 0. The molecule has 1 radical (unpaired) electrons. The first-order chi connectivity index (χ1) is 8.55. The maximum Gasteiger partial charge on any atom is 0.357 e. The van der Waals surface area contributed by atoms with E-state index in [0.717, 1.165) is 16.2 Å². The summed E-state index contributed by atoms with van der Waals surface area (Å²) >= 11 is 0. The van der Waals surface area contributed by atoms with Crippen LogP contribution in [0.2, 0.25) is 0 Å². The lowest BCUT2D eigenvalue weighted by Crippen LogP contribution is -2.05. The van der Waals surface area contributed by atoms with Gasteiger partial charge in [0.1, 0.15) is 0 Å². The third-order valence-electron chi connectivity index (χ3n) is 2.95. The van der Waals surface area contributed by atoms with Crippen molar-refractivity contribution in [2.75, 3.05) is 0 Å². The molecule has 18 heavy (non-hydrogen) atoms. The predicted molar refractivity (Wildman–Crippen MR) is 72.0 cm³/mol. The molecule has 0 atom stereocenters. The fraction of sp³-hybridized carbons (Fsp3) is 0. The van der Waals surface area contributed by atoms with Crippen LogP contribution in [0.4, 0.5) is 0 Å². The molecule has 0 amide bonds. The van der Waals surface area contributed by atoms with Gasteiger partial charge in [-0.2, -0.15) is 0 Å². The zero-order chi connectivity index (χ0) is 12.8. The average molecular weight is 257 g/mol. The van der Waals surface area contributed by atoms with Crippen LogP contribution in [0.3, 0.4) is 0 Å². The summed E-state index contributed by atoms with van der Waals surface area (Å²) in [6.45, 7) is 0. The Balaban J connectivity index is 2.47. The minimum atomic E-state index is -4.30. The van der Waals surface area contributed by atoms with Crippen molar-refractivity contribution in [3.8, 4) is 0 Å². The van der Waals surface area contributed by atoms with Gasteiger partial charge in [-0.25, -0.2) is 0 Å². The van der Waals surface area contributed by atoms with Gasteiger partial charge in [0.15, 0.2) is 0 Å². The largest absolute Gasteiger partial charge is 0.357 e. The van der Waals surface area contributed by atoms with Crippen molar-refractivity contribution in [2.24, 2.45) is 0 Å². The standard InChI is InChI=1S/C14H10O3P/c15-18(16,17)14-7-3-6-12-8-10-4-1-2-5-11(10)9-13(12)14/h1-6,8-9H,(H2,15,16,17). The van der Waals surface area contributed by atoms with Crippen molar-refractivity contribution in [1.82, 2.24) is 0 Å². The van der Waals surface area contributed by atoms with Gasteiger partial charge in [0.25, 0.3) is 0 Å². The highest BCUT2D eigenvalue weighted by molar-refractivity contribution is 7.60. The second kappa shape index (κ2) is 3.92. The molecule has 3 aromatic carbocycles. The second-order valence-electron chi connectivity index (χ2n) is 4.16. The van der Waals surface area contributed by atoms with Crippen molar-refractivity contribution in [2.45, 2.75) is 0 Å². The highest BCUT2D eigenvalue weighted by Crippen LogP contribution is 2.36. The molecule has 0 fully saturated rings. The van der Waals surface area contributed by atoms with Gasteiger partial charge in [-0.15, -0.1) is 0 Å². The number of hydrogen-bond acceptors (Lipinski definition) is 1. The number of hydrogen-bond donors (Lipinski definition) is 2. The summed E-state index contributed by atoms with van der Waals surface area (Å²) in [5.41, 5.74) is 0. The van der Waals surface area contributed by atoms with Gasteiger partial charge in [-0.3, -0.25) is 4.57 Å². The Kier molecular flexibility index (Phi) is 2.49. The molecule has 3 aromatic rings. The van der Waals surface area contributed by atoms with E-state index in [0.29, 0.717) is 5.39 Å². The van der Waals surface area contributed by atoms with Crippen LogP contribution in [0.25, 0.3) is 21.5 Å². The van der Waals surface area contributed by atoms with E-state index in [1.54, 1.807) is 18.2 Å². The molecule has 89 valence electrons. The van der Waals surface area contributed by atoms with Crippen LogP contribution in [0.5, 0.6) is 0 Å². The van der Waals surface area contributed by atoms with Crippen LogP contribution in [-0.2, 0) is 4.57 Å². The molecular weight excluding hydrogens is 247 g/mol. The normalized spacial score (nSPS) is 12.1. The van der Waals surface area contributed by atoms with E-state index in [2.05, 4.69) is 6.07 Å². The van der Waals surface area contributed by atoms with Gasteiger partial charge >= 0.3 is 7.60 Å². The topological polar surface area (TPSA) is 57.5 Å². The molecule has 0 spiro atoms. The number of rotatable bonds is 1. The summed E-state index contributed by atoms with van der Waals surface area (Å²) in [6, 6.07) is 17.5. The summed E-state index contributed by atoms with van der Waals surface area (Å²) < 4.78 is 11.4. The molecule has 4 heteroatoms. The molecule has 2 N–H and O–H groups in total. The van der Waals surface area contributed by atoms with Gasteiger partial charge < -0.3 is 9.79 Å². The Bertz CT molecular complexity index is 789. The quantitative estimate of drug-likeness (QED) is 0.520. The fourth-order valence-electron chi connectivity index (χ4n) is 2.13. The van der Waals surface area contributed by atoms with E-state index in [1.807, 2.05) is 30.3 Å². The van der Waals surface area contributed by atoms with E-state index in [1.165, 1.54) is 0 Å². The monoisotopic (exact) mass is 257 g/mol. The highest BCUT2D eigenvalue weighted by atomic mass is 31.2. The zero-order valence-electron chi connectivity index (χ0n) is 9.37. The first-order valence-corrected chi connectivity index (χ1v) is 7.06. The van der Waals surface area contributed by atoms with Crippen molar-refractivity contribution in [1.29, 1.82) is 0 Å². The Hall–Kier alpha value is -1.67. The lowest BCUT2D eigenvalue weighted by molar-refractivity contribution is 0.387. The Morgan fingerprint density at radius 1 is 0.944 bits per heavy atom. The van der Waals surface area contributed by atoms with Gasteiger partial charge in [-0.05, 0) is 39.7 Å². The number of fused-ring (bicyclic) bond motifs is 2. The maximum absolute atomic E-state index is 11.4. The molecule has 0 saturated heterocycles. The summed E-state index contributed by atoms with van der Waals surface area (Å²) in [5, 5.41) is 3.34. The fourth-order valence-corrected chi connectivity index (χ4v) is 2.88. The van der Waals surface area contributed by atoms with Crippen molar-refractivity contribution in [3.05, 3.63) is 54.6 Å². The molecule has 0 aliphatic carbocycles. The van der Waals surface area contributed by atoms with E-state index in [9.17, 15) is 14.4 Å². The lowest BCUT2D eigenvalue weighted by Gasteiger charge is -2.09. The van der Waals surface area contributed by atoms with Crippen LogP contribution >= 0.6 is 7.60 Å². The highest BCUT2D eigenvalue weighted by Gasteiger charge is 2.20. The Morgan fingerprint density at radius 3 is 2.28 bits per heavy atom. The van der Waals surface area contributed by atoms with Crippen molar-refractivity contribution >= 4 is 34.4 Å². The summed E-state index contributed by atoms with van der Waals surface area (Å²) in [5.74, 6) is 0. The van der Waals surface area contributed by atoms with Gasteiger partial charge in [0.2, 0.25) is 0 Å². The molecule has 0 unspecified atom stereocenters. The minimum Gasteiger partial charge on any atom is -0.321 e. The van der Waals surface area contributed by atoms with Gasteiger partial charge in [-0.1, -0.05) is 36.4 Å². The van der Waals surface area contributed by atoms with Crippen molar-refractivity contribution < 1.29 is 14.4 Å². The smallest absolute Gasteiger partial charge is 0.321 e. The SMILES string of the molecule is O=P(O)(O)c1[c]ccc2cc3ccccc3cc12. The van der Waals surface area contributed by atoms with Crippen LogP contribution in [0.15, 0.2) is 48.5 Å². The lowest BCUT2D eigenvalue weighted by atomic mass is 10.0. The van der Waals surface area contributed by atoms with Crippen LogP contribution in [0.1, 0.15) is 0 Å². The first kappa shape index (κ1) is 11.4. The summed E-state index contributed by atoms with van der Waals surface area (Å²) in [4.78, 5) is 18.7. The average Bonchev–Trinajstić information content (AvgIpc) is 2.34. The Morgan fingerprint density at radius 2 is 1.61 bits per heavy atom. The molecule has 0 aromatic heterocycles. The first-order valence-electron chi connectivity index (χ1n) is 5.45. The molecule has 0 saturated carbocycles. The van der Waals surface area contributed by atoms with E-state index < -0.39 is 7.60 Å². The second-order valence-corrected chi connectivity index (χ2v) is 5.69. The summed E-state index contributed by atoms with van der Waals surface area (Å²) in [7, 11) is -4.30. The van der Waals surface area contributed by atoms with E-state index in [4.69, 9.17) is 0 Å². The Labute approximate surface area is 104 Å². The third kappa shape index (κ3) is 1.83. The molecule has 0 heterocycles. The van der Waals surface area contributed by atoms with E-state index in [-0.39, 0.29) is 5.30 Å². The van der Waals surface area contributed by atoms with Crippen LogP contribution in [0, 0.1) is 6.07 Å². The van der Waals surface area contributed by atoms with E-state index >= 15 is 0 Å². The maximum atomic E-state index is 11.4. The molecule has 3 nitrogen and oxygen atoms in total. The zero-order valence-corrected chi connectivity index (χ0v) is 10.3. The minimum absolute atomic E-state index is 0.0363. The third-order valence-corrected chi connectivity index (χ3v) is 3.90.